The fourth-order valence-electron chi connectivity index (χ4n) is 3.24. The molecule has 1 heteroatoms. The van der Waals surface area contributed by atoms with Crippen molar-refractivity contribution in [3.63, 3.8) is 0 Å². The summed E-state index contributed by atoms with van der Waals surface area (Å²) in [4.78, 5) is 2.46. The molecule has 0 amide bonds. The van der Waals surface area contributed by atoms with Crippen molar-refractivity contribution in [3.8, 4) is 0 Å². The van der Waals surface area contributed by atoms with Crippen LogP contribution in [0.5, 0.6) is 0 Å². The van der Waals surface area contributed by atoms with Gasteiger partial charge in [0, 0.05) is 19.6 Å². The number of hydrogen-bond acceptors (Lipinski definition) is 1. The van der Waals surface area contributed by atoms with E-state index in [1.807, 2.05) is 0 Å². The van der Waals surface area contributed by atoms with E-state index in [2.05, 4.69) is 61.2 Å². The van der Waals surface area contributed by atoms with Crippen molar-refractivity contribution in [2.24, 2.45) is 0 Å². The Morgan fingerprint density at radius 2 is 1.40 bits per heavy atom. The maximum atomic E-state index is 2.46. The number of benzene rings is 3. The molecule has 20 heavy (non-hydrogen) atoms. The first kappa shape index (κ1) is 11.9. The van der Waals surface area contributed by atoms with E-state index in [1.54, 1.807) is 0 Å². The molecular weight excluding hydrogens is 242 g/mol. The smallest absolute Gasteiger partial charge is 0.0235 e. The predicted octanol–water partition coefficient (Wildman–Crippen LogP) is 4.43. The highest BCUT2D eigenvalue weighted by Crippen LogP contribution is 2.32. The minimum absolute atomic E-state index is 1.10. The number of hydrogen-bond donors (Lipinski definition) is 0. The topological polar surface area (TPSA) is 3.01 Å². The summed E-state index contributed by atoms with van der Waals surface area (Å²) in [6, 6.07) is 15.7. The van der Waals surface area contributed by atoms with Crippen LogP contribution >= 0.6 is 0 Å². The van der Waals surface area contributed by atoms with Crippen LogP contribution < -0.4 is 0 Å². The van der Waals surface area contributed by atoms with Crippen LogP contribution in [0.4, 0.5) is 0 Å². The maximum Gasteiger partial charge on any atom is 0.0235 e. The van der Waals surface area contributed by atoms with Crippen LogP contribution in [-0.2, 0) is 6.54 Å². The molecule has 1 heterocycles. The van der Waals surface area contributed by atoms with Crippen molar-refractivity contribution in [1.29, 1.82) is 0 Å². The van der Waals surface area contributed by atoms with Gasteiger partial charge in [-0.15, -0.1) is 0 Å². The average Bonchev–Trinajstić information content (AvgIpc) is 3.29. The first-order chi connectivity index (χ1) is 9.74. The van der Waals surface area contributed by atoms with Gasteiger partial charge < -0.3 is 0 Å². The van der Waals surface area contributed by atoms with E-state index in [9.17, 15) is 0 Å². The van der Waals surface area contributed by atoms with Crippen molar-refractivity contribution in [2.45, 2.75) is 20.4 Å². The van der Waals surface area contributed by atoms with E-state index in [4.69, 9.17) is 0 Å². The number of nitrogens with zero attached hydrogens (tertiary/aromatic N) is 1. The average molecular weight is 261 g/mol. The monoisotopic (exact) mass is 261 g/mol. The second-order valence-electron chi connectivity index (χ2n) is 5.95. The van der Waals surface area contributed by atoms with Gasteiger partial charge in [-0.1, -0.05) is 36.4 Å². The molecule has 3 aromatic carbocycles. The largest absolute Gasteiger partial charge is 0.297 e. The normalized spacial score (nSPS) is 15.1. The highest BCUT2D eigenvalue weighted by molar-refractivity contribution is 6.05. The molecule has 1 saturated heterocycles. The molecule has 1 nitrogen and oxygen atoms in total. The summed E-state index contributed by atoms with van der Waals surface area (Å²) in [6.45, 7) is 8.11. The molecule has 4 rings (SSSR count). The molecule has 0 spiro atoms. The van der Waals surface area contributed by atoms with Crippen molar-refractivity contribution >= 4 is 21.5 Å². The third-order valence-electron chi connectivity index (χ3n) is 4.57. The van der Waals surface area contributed by atoms with E-state index in [0.29, 0.717) is 0 Å². The van der Waals surface area contributed by atoms with Gasteiger partial charge in [-0.3, -0.25) is 4.90 Å². The van der Waals surface area contributed by atoms with Crippen molar-refractivity contribution in [3.05, 3.63) is 59.2 Å². The van der Waals surface area contributed by atoms with E-state index in [-0.39, 0.29) is 0 Å². The molecule has 0 radical (unpaired) electrons. The van der Waals surface area contributed by atoms with E-state index in [1.165, 1.54) is 51.3 Å². The fourth-order valence-corrected chi connectivity index (χ4v) is 3.24. The molecule has 3 aromatic rings. The van der Waals surface area contributed by atoms with Crippen molar-refractivity contribution in [1.82, 2.24) is 4.90 Å². The zero-order valence-corrected chi connectivity index (χ0v) is 12.1. The van der Waals surface area contributed by atoms with Gasteiger partial charge in [0.2, 0.25) is 0 Å². The summed E-state index contributed by atoms with van der Waals surface area (Å²) in [5.74, 6) is 0. The van der Waals surface area contributed by atoms with E-state index >= 15 is 0 Å². The molecule has 0 N–H and O–H groups in total. The lowest BCUT2D eigenvalue weighted by molar-refractivity contribution is 0.556. The van der Waals surface area contributed by atoms with Gasteiger partial charge in [-0.05, 0) is 58.1 Å². The van der Waals surface area contributed by atoms with Gasteiger partial charge >= 0.3 is 0 Å². The Hall–Kier alpha value is -1.86. The zero-order valence-electron chi connectivity index (χ0n) is 12.1. The lowest BCUT2D eigenvalue weighted by atomic mass is 9.92. The van der Waals surface area contributed by atoms with Crippen molar-refractivity contribution < 1.29 is 0 Å². The summed E-state index contributed by atoms with van der Waals surface area (Å²) in [5.41, 5.74) is 4.25. The van der Waals surface area contributed by atoms with Crippen LogP contribution in [0, 0.1) is 13.8 Å². The quantitative estimate of drug-likeness (QED) is 0.487. The van der Waals surface area contributed by atoms with Crippen LogP contribution in [0.25, 0.3) is 21.5 Å². The Morgan fingerprint density at radius 3 is 2.05 bits per heavy atom. The summed E-state index contributed by atoms with van der Waals surface area (Å²) >= 11 is 0. The Kier molecular flexibility index (Phi) is 2.58. The molecular formula is C19H19N. The SMILES string of the molecule is Cc1c2ccccc2c(C)c2cc(CN3CC3)ccc12. The summed E-state index contributed by atoms with van der Waals surface area (Å²) in [6.07, 6.45) is 0. The highest BCUT2D eigenvalue weighted by Gasteiger charge is 2.17. The van der Waals surface area contributed by atoms with Crippen LogP contribution in [0.3, 0.4) is 0 Å². The molecule has 100 valence electrons. The molecule has 0 aromatic heterocycles. The predicted molar refractivity (Wildman–Crippen MR) is 86.2 cm³/mol. The molecule has 0 saturated carbocycles. The fraction of sp³-hybridized carbons (Fsp3) is 0.263. The minimum Gasteiger partial charge on any atom is -0.297 e. The Bertz CT molecular complexity index is 813. The molecule has 0 unspecified atom stereocenters. The molecule has 1 aliphatic heterocycles. The van der Waals surface area contributed by atoms with Crippen LogP contribution in [0.15, 0.2) is 42.5 Å². The third-order valence-corrected chi connectivity index (χ3v) is 4.57. The second kappa shape index (κ2) is 4.32. The van der Waals surface area contributed by atoms with Gasteiger partial charge in [0.1, 0.15) is 0 Å². The maximum absolute atomic E-state index is 2.46. The third kappa shape index (κ3) is 1.82. The molecule has 0 aliphatic carbocycles. The Morgan fingerprint density at radius 1 is 0.800 bits per heavy atom. The van der Waals surface area contributed by atoms with Crippen molar-refractivity contribution in [2.75, 3.05) is 13.1 Å². The lowest BCUT2D eigenvalue weighted by Gasteiger charge is -2.13. The minimum atomic E-state index is 1.10. The zero-order chi connectivity index (χ0) is 13.7. The standard InChI is InChI=1S/C19H19N/c1-13-16-5-3-4-6-17(16)14(2)19-11-15(7-8-18(13)19)12-20-9-10-20/h3-8,11H,9-10,12H2,1-2H3. The molecule has 1 aliphatic rings. The number of fused-ring (bicyclic) bond motifs is 2. The summed E-state index contributed by atoms with van der Waals surface area (Å²) < 4.78 is 0. The van der Waals surface area contributed by atoms with E-state index < -0.39 is 0 Å². The molecule has 0 bridgehead atoms. The second-order valence-corrected chi connectivity index (χ2v) is 5.95. The molecule has 0 atom stereocenters. The van der Waals surface area contributed by atoms with Crippen LogP contribution in [0.2, 0.25) is 0 Å². The molecule has 1 fully saturated rings. The summed E-state index contributed by atoms with van der Waals surface area (Å²) in [5, 5.41) is 5.59. The Balaban J connectivity index is 2.01. The van der Waals surface area contributed by atoms with Gasteiger partial charge in [0.25, 0.3) is 0 Å². The van der Waals surface area contributed by atoms with E-state index in [0.717, 1.165) is 6.54 Å². The summed E-state index contributed by atoms with van der Waals surface area (Å²) in [7, 11) is 0. The Labute approximate surface area is 119 Å². The van der Waals surface area contributed by atoms with Gasteiger partial charge in [-0.2, -0.15) is 0 Å². The first-order valence-corrected chi connectivity index (χ1v) is 7.37. The van der Waals surface area contributed by atoms with Crippen LogP contribution in [-0.4, -0.2) is 18.0 Å². The van der Waals surface area contributed by atoms with Gasteiger partial charge in [0.05, 0.1) is 0 Å². The van der Waals surface area contributed by atoms with Gasteiger partial charge in [-0.25, -0.2) is 0 Å². The number of rotatable bonds is 2. The van der Waals surface area contributed by atoms with Gasteiger partial charge in [0.15, 0.2) is 0 Å². The number of aryl methyl sites for hydroxylation is 2. The first-order valence-electron chi connectivity index (χ1n) is 7.37. The highest BCUT2D eigenvalue weighted by atomic mass is 15.2. The lowest BCUT2D eigenvalue weighted by Crippen LogP contribution is -1.97. The van der Waals surface area contributed by atoms with Crippen LogP contribution in [0.1, 0.15) is 16.7 Å².